The van der Waals surface area contributed by atoms with Crippen LogP contribution in [0.1, 0.15) is 30.9 Å². The van der Waals surface area contributed by atoms with E-state index in [0.29, 0.717) is 12.2 Å². The molecular formula is C20H24ClN3O5S. The van der Waals surface area contributed by atoms with E-state index in [1.807, 2.05) is 26.0 Å². The van der Waals surface area contributed by atoms with E-state index in [-0.39, 0.29) is 27.4 Å². The Balaban J connectivity index is 1.87. The number of carbonyl (C=O) groups excluding carboxylic acids is 2. The number of ketones is 2. The van der Waals surface area contributed by atoms with Gasteiger partial charge in [-0.2, -0.15) is 0 Å². The Morgan fingerprint density at radius 1 is 1.23 bits per heavy atom. The summed E-state index contributed by atoms with van der Waals surface area (Å²) >= 11 is 6.12. The average Bonchev–Trinajstić information content (AvgIpc) is 3.14. The Labute approximate surface area is 180 Å². The SMILES string of the molecule is CC[C@@H](NC1C(=O)C(=O)C1Nc1ccc(Cl)c(S(C)(=O)=NC)c1O)c1ccc(C)o1. The number of furan rings is 1. The van der Waals surface area contributed by atoms with Crippen LogP contribution in [0.4, 0.5) is 5.69 Å². The third-order valence-corrected chi connectivity index (χ3v) is 7.45. The molecule has 1 saturated carbocycles. The first kappa shape index (κ1) is 22.3. The fraction of sp³-hybridized carbons (Fsp3) is 0.400. The van der Waals surface area contributed by atoms with Gasteiger partial charge in [-0.3, -0.25) is 14.9 Å². The molecule has 1 aliphatic carbocycles. The van der Waals surface area contributed by atoms with Gasteiger partial charge in [-0.05, 0) is 37.6 Å². The molecule has 0 amide bonds. The van der Waals surface area contributed by atoms with Gasteiger partial charge in [0.25, 0.3) is 0 Å². The fourth-order valence-electron chi connectivity index (χ4n) is 3.37. The minimum Gasteiger partial charge on any atom is -0.504 e. The van der Waals surface area contributed by atoms with Gasteiger partial charge in [0.2, 0.25) is 11.6 Å². The van der Waals surface area contributed by atoms with E-state index in [1.165, 1.54) is 25.4 Å². The van der Waals surface area contributed by atoms with Gasteiger partial charge in [0.05, 0.1) is 26.5 Å². The lowest BCUT2D eigenvalue weighted by Gasteiger charge is -2.37. The monoisotopic (exact) mass is 453 g/mol. The number of hydrogen-bond acceptors (Lipinski definition) is 8. The van der Waals surface area contributed by atoms with Gasteiger partial charge in [0.1, 0.15) is 28.5 Å². The maximum Gasteiger partial charge on any atom is 0.224 e. The summed E-state index contributed by atoms with van der Waals surface area (Å²) in [5.74, 6) is -0.0934. The second-order valence-electron chi connectivity index (χ2n) is 7.16. The summed E-state index contributed by atoms with van der Waals surface area (Å²) in [4.78, 5) is 24.5. The summed E-state index contributed by atoms with van der Waals surface area (Å²) in [5, 5.41) is 16.8. The summed E-state index contributed by atoms with van der Waals surface area (Å²) in [6, 6.07) is 4.63. The molecule has 1 heterocycles. The number of nitrogens with zero attached hydrogens (tertiary/aromatic N) is 1. The molecule has 3 unspecified atom stereocenters. The van der Waals surface area contributed by atoms with Crippen molar-refractivity contribution in [2.75, 3.05) is 18.6 Å². The molecule has 8 nitrogen and oxygen atoms in total. The second kappa shape index (κ2) is 8.41. The van der Waals surface area contributed by atoms with Crippen LogP contribution in [0.25, 0.3) is 0 Å². The topological polar surface area (TPSA) is 121 Å². The highest BCUT2D eigenvalue weighted by Gasteiger charge is 2.50. The molecule has 1 fully saturated rings. The number of phenols is 1. The van der Waals surface area contributed by atoms with Crippen LogP contribution in [0.3, 0.4) is 0 Å². The average molecular weight is 454 g/mol. The number of hydrogen-bond donors (Lipinski definition) is 3. The first-order valence-corrected chi connectivity index (χ1v) is 11.7. The minimum absolute atomic E-state index is 0.0169. The number of aromatic hydroxyl groups is 1. The summed E-state index contributed by atoms with van der Waals surface area (Å²) in [6.45, 7) is 3.76. The predicted octanol–water partition coefficient (Wildman–Crippen LogP) is 3.08. The van der Waals surface area contributed by atoms with Crippen LogP contribution >= 0.6 is 11.6 Å². The lowest BCUT2D eigenvalue weighted by molar-refractivity contribution is -0.145. The summed E-state index contributed by atoms with van der Waals surface area (Å²) in [6.07, 6.45) is 2.00. The van der Waals surface area contributed by atoms with Crippen molar-refractivity contribution in [1.29, 1.82) is 0 Å². The molecule has 30 heavy (non-hydrogen) atoms. The van der Waals surface area contributed by atoms with Gasteiger partial charge in [-0.1, -0.05) is 18.5 Å². The molecule has 1 aromatic heterocycles. The molecule has 0 bridgehead atoms. The van der Waals surface area contributed by atoms with E-state index in [0.717, 1.165) is 5.76 Å². The predicted molar refractivity (Wildman–Crippen MR) is 115 cm³/mol. The van der Waals surface area contributed by atoms with Crippen LogP contribution in [-0.2, 0) is 19.3 Å². The van der Waals surface area contributed by atoms with Crippen molar-refractivity contribution in [2.45, 2.75) is 43.3 Å². The first-order chi connectivity index (χ1) is 14.1. The van der Waals surface area contributed by atoms with Gasteiger partial charge >= 0.3 is 0 Å². The molecular weight excluding hydrogens is 430 g/mol. The molecule has 1 aromatic carbocycles. The quantitative estimate of drug-likeness (QED) is 0.435. The maximum atomic E-state index is 12.7. The number of benzene rings is 1. The number of anilines is 1. The highest BCUT2D eigenvalue weighted by atomic mass is 35.5. The van der Waals surface area contributed by atoms with E-state index in [9.17, 15) is 18.9 Å². The number of Topliss-reactive ketones (excluding diaryl/α,β-unsaturated/α-hetero) is 2. The number of nitrogens with one attached hydrogen (secondary N) is 2. The molecule has 0 radical (unpaired) electrons. The molecule has 3 N–H and O–H groups in total. The van der Waals surface area contributed by atoms with Crippen molar-refractivity contribution in [3.05, 3.63) is 40.8 Å². The molecule has 0 spiro atoms. The molecule has 2 aromatic rings. The van der Waals surface area contributed by atoms with Gasteiger partial charge in [-0.15, -0.1) is 0 Å². The van der Waals surface area contributed by atoms with Crippen LogP contribution in [0.2, 0.25) is 5.02 Å². The normalized spacial score (nSPS) is 21.6. The Morgan fingerprint density at radius 2 is 1.90 bits per heavy atom. The second-order valence-corrected chi connectivity index (χ2v) is 9.95. The number of phenolic OH excluding ortho intramolecular Hbond substituents is 1. The summed E-state index contributed by atoms with van der Waals surface area (Å²) in [5.41, 5.74) is 0.146. The van der Waals surface area contributed by atoms with Crippen LogP contribution in [0.15, 0.2) is 37.9 Å². The van der Waals surface area contributed by atoms with Crippen LogP contribution in [-0.4, -0.2) is 46.3 Å². The van der Waals surface area contributed by atoms with E-state index in [2.05, 4.69) is 15.0 Å². The Morgan fingerprint density at radius 3 is 2.47 bits per heavy atom. The van der Waals surface area contributed by atoms with Crippen LogP contribution in [0.5, 0.6) is 5.75 Å². The number of aryl methyl sites for hydroxylation is 1. The van der Waals surface area contributed by atoms with Crippen molar-refractivity contribution < 1.29 is 23.3 Å². The van der Waals surface area contributed by atoms with Gasteiger partial charge in [0, 0.05) is 13.3 Å². The van der Waals surface area contributed by atoms with Crippen molar-refractivity contribution >= 4 is 38.6 Å². The minimum atomic E-state index is -2.93. The Hall–Kier alpha value is -2.36. The Kier molecular flexibility index (Phi) is 6.26. The molecule has 0 saturated heterocycles. The van der Waals surface area contributed by atoms with E-state index in [1.54, 1.807) is 0 Å². The zero-order valence-electron chi connectivity index (χ0n) is 17.1. The molecule has 10 heteroatoms. The molecule has 1 aliphatic rings. The fourth-order valence-corrected chi connectivity index (χ4v) is 5.04. The van der Waals surface area contributed by atoms with Crippen molar-refractivity contribution in [1.82, 2.24) is 5.32 Å². The zero-order valence-corrected chi connectivity index (χ0v) is 18.6. The van der Waals surface area contributed by atoms with Crippen molar-refractivity contribution in [3.63, 3.8) is 0 Å². The highest BCUT2D eigenvalue weighted by Crippen LogP contribution is 2.38. The lowest BCUT2D eigenvalue weighted by atomic mass is 9.82. The summed E-state index contributed by atoms with van der Waals surface area (Å²) in [7, 11) is -1.56. The Bertz CT molecular complexity index is 1120. The molecule has 0 aliphatic heterocycles. The van der Waals surface area contributed by atoms with E-state index >= 15 is 0 Å². The van der Waals surface area contributed by atoms with Crippen molar-refractivity contribution in [2.24, 2.45) is 4.36 Å². The van der Waals surface area contributed by atoms with Crippen molar-refractivity contribution in [3.8, 4) is 5.75 Å². The summed E-state index contributed by atoms with van der Waals surface area (Å²) < 4.78 is 22.1. The molecule has 162 valence electrons. The molecule has 4 atom stereocenters. The van der Waals surface area contributed by atoms with Gasteiger partial charge in [0.15, 0.2) is 5.75 Å². The largest absolute Gasteiger partial charge is 0.504 e. The standard InChI is InChI=1S/C20H24ClN3O5S/c1-5-12(14-9-6-10(2)29-14)23-15-16(19(27)18(15)26)24-13-8-7-11(21)20(17(13)25)30(4,28)22-3/h6-9,12,15-16,23-25H,5H2,1-4H3/t12-,15?,16?,30?/m1/s1. The van der Waals surface area contributed by atoms with Crippen LogP contribution in [0, 0.1) is 6.92 Å². The van der Waals surface area contributed by atoms with E-state index < -0.39 is 33.4 Å². The number of halogens is 1. The number of rotatable bonds is 7. The van der Waals surface area contributed by atoms with Crippen LogP contribution < -0.4 is 10.6 Å². The van der Waals surface area contributed by atoms with Gasteiger partial charge in [-0.25, -0.2) is 8.57 Å². The maximum absolute atomic E-state index is 12.7. The van der Waals surface area contributed by atoms with Gasteiger partial charge < -0.3 is 14.8 Å². The highest BCUT2D eigenvalue weighted by molar-refractivity contribution is 7.93. The third-order valence-electron chi connectivity index (χ3n) is 5.16. The lowest BCUT2D eigenvalue weighted by Crippen LogP contribution is -2.67. The number of carbonyl (C=O) groups is 2. The first-order valence-electron chi connectivity index (χ1n) is 9.39. The zero-order chi connectivity index (χ0) is 22.2. The third kappa shape index (κ3) is 3.97. The molecule has 3 rings (SSSR count). The smallest absolute Gasteiger partial charge is 0.224 e. The van der Waals surface area contributed by atoms with E-state index in [4.69, 9.17) is 16.0 Å².